The van der Waals surface area contributed by atoms with Crippen molar-refractivity contribution in [3.05, 3.63) is 35.0 Å². The Morgan fingerprint density at radius 1 is 1.39 bits per heavy atom. The molecule has 0 bridgehead atoms. The topological polar surface area (TPSA) is 61.0 Å². The number of rotatable bonds is 3. The number of aryl methyl sites for hydroxylation is 1. The Kier molecular flexibility index (Phi) is 3.67. The summed E-state index contributed by atoms with van der Waals surface area (Å²) in [4.78, 5) is 8.39. The van der Waals surface area contributed by atoms with E-state index in [1.54, 1.807) is 18.3 Å². The van der Waals surface area contributed by atoms with Crippen molar-refractivity contribution in [2.24, 2.45) is 0 Å². The van der Waals surface area contributed by atoms with Gasteiger partial charge in [0.2, 0.25) is 0 Å². The van der Waals surface area contributed by atoms with Crippen molar-refractivity contribution in [2.45, 2.75) is 13.8 Å². The number of ether oxygens (including phenoxy) is 1. The standard InChI is InChI=1S/C13H14ClN3O/c1-3-18-11-6-8(2)9(7-10(11)14)13-16-5-4-12(15)17-13/h4-7H,3H2,1-2H3,(H2,15,16,17). The van der Waals surface area contributed by atoms with Gasteiger partial charge in [0, 0.05) is 11.8 Å². The van der Waals surface area contributed by atoms with Crippen LogP contribution in [0.2, 0.25) is 5.02 Å². The zero-order valence-corrected chi connectivity index (χ0v) is 11.0. The number of nitrogen functional groups attached to an aromatic ring is 1. The van der Waals surface area contributed by atoms with Crippen LogP contribution in [0.5, 0.6) is 5.75 Å². The molecule has 5 heteroatoms. The van der Waals surface area contributed by atoms with Crippen molar-refractivity contribution in [3.8, 4) is 17.1 Å². The second-order valence-electron chi connectivity index (χ2n) is 3.84. The lowest BCUT2D eigenvalue weighted by molar-refractivity contribution is 0.340. The van der Waals surface area contributed by atoms with E-state index in [2.05, 4.69) is 9.97 Å². The highest BCUT2D eigenvalue weighted by Crippen LogP contribution is 2.32. The maximum atomic E-state index is 6.16. The third-order valence-corrected chi connectivity index (χ3v) is 2.79. The number of nitrogens with zero attached hydrogens (tertiary/aromatic N) is 2. The van der Waals surface area contributed by atoms with Crippen molar-refractivity contribution < 1.29 is 4.74 Å². The van der Waals surface area contributed by atoms with Crippen LogP contribution in [0.3, 0.4) is 0 Å². The minimum Gasteiger partial charge on any atom is -0.492 e. The number of benzene rings is 1. The third kappa shape index (κ3) is 2.54. The molecule has 0 saturated heterocycles. The largest absolute Gasteiger partial charge is 0.492 e. The van der Waals surface area contributed by atoms with Gasteiger partial charge in [-0.1, -0.05) is 11.6 Å². The molecule has 0 aliphatic rings. The summed E-state index contributed by atoms with van der Waals surface area (Å²) in [5.41, 5.74) is 7.50. The molecule has 0 saturated carbocycles. The molecule has 0 unspecified atom stereocenters. The van der Waals surface area contributed by atoms with Gasteiger partial charge in [-0.25, -0.2) is 9.97 Å². The van der Waals surface area contributed by atoms with Gasteiger partial charge in [0.05, 0.1) is 11.6 Å². The van der Waals surface area contributed by atoms with E-state index in [1.807, 2.05) is 19.9 Å². The second-order valence-corrected chi connectivity index (χ2v) is 4.24. The molecule has 0 fully saturated rings. The van der Waals surface area contributed by atoms with Gasteiger partial charge < -0.3 is 10.5 Å². The van der Waals surface area contributed by atoms with Gasteiger partial charge in [-0.3, -0.25) is 0 Å². The summed E-state index contributed by atoms with van der Waals surface area (Å²) >= 11 is 6.16. The van der Waals surface area contributed by atoms with Gasteiger partial charge in [-0.15, -0.1) is 0 Å². The summed E-state index contributed by atoms with van der Waals surface area (Å²) in [5, 5.41) is 0.545. The number of anilines is 1. The maximum Gasteiger partial charge on any atom is 0.161 e. The first-order chi connectivity index (χ1) is 8.61. The molecule has 2 N–H and O–H groups in total. The van der Waals surface area contributed by atoms with Crippen molar-refractivity contribution >= 4 is 17.4 Å². The van der Waals surface area contributed by atoms with Crippen LogP contribution in [0.15, 0.2) is 24.4 Å². The molecule has 0 radical (unpaired) electrons. The smallest absolute Gasteiger partial charge is 0.161 e. The fraction of sp³-hybridized carbons (Fsp3) is 0.231. The Morgan fingerprint density at radius 3 is 2.83 bits per heavy atom. The van der Waals surface area contributed by atoms with Crippen molar-refractivity contribution in [2.75, 3.05) is 12.3 Å². The van der Waals surface area contributed by atoms with E-state index in [-0.39, 0.29) is 0 Å². The lowest BCUT2D eigenvalue weighted by atomic mass is 10.1. The minimum atomic E-state index is 0.435. The number of nitrogens with two attached hydrogens (primary N) is 1. The molecule has 94 valence electrons. The highest BCUT2D eigenvalue weighted by molar-refractivity contribution is 6.32. The summed E-state index contributed by atoms with van der Waals surface area (Å²) in [5.74, 6) is 1.67. The number of halogens is 1. The lowest BCUT2D eigenvalue weighted by Gasteiger charge is -2.10. The van der Waals surface area contributed by atoms with Gasteiger partial charge in [0.25, 0.3) is 0 Å². The summed E-state index contributed by atoms with van der Waals surface area (Å²) in [6, 6.07) is 5.33. The van der Waals surface area contributed by atoms with E-state index in [0.29, 0.717) is 29.0 Å². The molecule has 2 rings (SSSR count). The van der Waals surface area contributed by atoms with Crippen LogP contribution < -0.4 is 10.5 Å². The van der Waals surface area contributed by atoms with Gasteiger partial charge in [0.15, 0.2) is 5.82 Å². The lowest BCUT2D eigenvalue weighted by Crippen LogP contribution is -1.98. The fourth-order valence-corrected chi connectivity index (χ4v) is 1.88. The molecule has 2 aromatic rings. The van der Waals surface area contributed by atoms with Crippen LogP contribution >= 0.6 is 11.6 Å². The minimum absolute atomic E-state index is 0.435. The molecule has 1 aromatic carbocycles. The van der Waals surface area contributed by atoms with E-state index in [4.69, 9.17) is 22.1 Å². The Labute approximate surface area is 111 Å². The first-order valence-electron chi connectivity index (χ1n) is 5.63. The van der Waals surface area contributed by atoms with Gasteiger partial charge in [-0.2, -0.15) is 0 Å². The highest BCUT2D eigenvalue weighted by Gasteiger charge is 2.10. The number of hydrogen-bond donors (Lipinski definition) is 1. The number of hydrogen-bond acceptors (Lipinski definition) is 4. The average molecular weight is 264 g/mol. The molecule has 0 aliphatic heterocycles. The SMILES string of the molecule is CCOc1cc(C)c(-c2nccc(N)n2)cc1Cl. The van der Waals surface area contributed by atoms with Crippen molar-refractivity contribution in [3.63, 3.8) is 0 Å². The molecular weight excluding hydrogens is 250 g/mol. The molecular formula is C13H14ClN3O. The first kappa shape index (κ1) is 12.6. The normalized spacial score (nSPS) is 10.4. The molecule has 1 aromatic heterocycles. The van der Waals surface area contributed by atoms with E-state index < -0.39 is 0 Å². The third-order valence-electron chi connectivity index (χ3n) is 2.50. The Morgan fingerprint density at radius 2 is 2.17 bits per heavy atom. The van der Waals surface area contributed by atoms with Crippen LogP contribution in [0, 0.1) is 6.92 Å². The molecule has 1 heterocycles. The number of aromatic nitrogens is 2. The van der Waals surface area contributed by atoms with Crippen LogP contribution in [0.4, 0.5) is 5.82 Å². The van der Waals surface area contributed by atoms with Crippen LogP contribution in [-0.4, -0.2) is 16.6 Å². The second kappa shape index (κ2) is 5.23. The zero-order valence-electron chi connectivity index (χ0n) is 10.3. The Bertz CT molecular complexity index is 572. The Balaban J connectivity index is 2.49. The average Bonchev–Trinajstić information content (AvgIpc) is 2.33. The molecule has 0 aliphatic carbocycles. The van der Waals surface area contributed by atoms with E-state index in [0.717, 1.165) is 11.1 Å². The predicted molar refractivity (Wildman–Crippen MR) is 72.8 cm³/mol. The molecule has 0 amide bonds. The van der Waals surface area contributed by atoms with Gasteiger partial charge in [-0.05, 0) is 37.6 Å². The molecule has 18 heavy (non-hydrogen) atoms. The van der Waals surface area contributed by atoms with Gasteiger partial charge in [0.1, 0.15) is 11.6 Å². The van der Waals surface area contributed by atoms with Gasteiger partial charge >= 0.3 is 0 Å². The van der Waals surface area contributed by atoms with Crippen LogP contribution in [0.25, 0.3) is 11.4 Å². The van der Waals surface area contributed by atoms with Crippen molar-refractivity contribution in [1.82, 2.24) is 9.97 Å². The summed E-state index contributed by atoms with van der Waals surface area (Å²) in [7, 11) is 0. The van der Waals surface area contributed by atoms with E-state index in [1.165, 1.54) is 0 Å². The summed E-state index contributed by atoms with van der Waals surface area (Å²) < 4.78 is 5.43. The van der Waals surface area contributed by atoms with Crippen molar-refractivity contribution in [1.29, 1.82) is 0 Å². The fourth-order valence-electron chi connectivity index (χ4n) is 1.66. The molecule has 0 atom stereocenters. The Hall–Kier alpha value is -1.81. The van der Waals surface area contributed by atoms with E-state index >= 15 is 0 Å². The molecule has 0 spiro atoms. The summed E-state index contributed by atoms with van der Waals surface area (Å²) in [6.07, 6.45) is 1.63. The monoisotopic (exact) mass is 263 g/mol. The quantitative estimate of drug-likeness (QED) is 0.924. The summed E-state index contributed by atoms with van der Waals surface area (Å²) in [6.45, 7) is 4.45. The zero-order chi connectivity index (χ0) is 13.1. The molecule has 4 nitrogen and oxygen atoms in total. The maximum absolute atomic E-state index is 6.16. The van der Waals surface area contributed by atoms with E-state index in [9.17, 15) is 0 Å². The van der Waals surface area contributed by atoms with Crippen LogP contribution in [-0.2, 0) is 0 Å². The highest BCUT2D eigenvalue weighted by atomic mass is 35.5. The predicted octanol–water partition coefficient (Wildman–Crippen LogP) is 3.09. The first-order valence-corrected chi connectivity index (χ1v) is 6.01. The van der Waals surface area contributed by atoms with Crippen LogP contribution in [0.1, 0.15) is 12.5 Å².